The van der Waals surface area contributed by atoms with Crippen molar-refractivity contribution in [3.63, 3.8) is 0 Å². The van der Waals surface area contributed by atoms with E-state index in [0.717, 1.165) is 0 Å². The molecule has 2 saturated heterocycles. The summed E-state index contributed by atoms with van der Waals surface area (Å²) in [5.41, 5.74) is 0. The summed E-state index contributed by atoms with van der Waals surface area (Å²) in [6.45, 7) is -1.92. The second-order valence-electron chi connectivity index (χ2n) is 12.1. The first-order valence-corrected chi connectivity index (χ1v) is 16.3. The Balaban J connectivity index is 1.62. The maximum atomic E-state index is 13.1. The second-order valence-corrected chi connectivity index (χ2v) is 13.5. The van der Waals surface area contributed by atoms with Crippen LogP contribution in [-0.4, -0.2) is 234 Å². The largest absolute Gasteiger partial charge is 0.473 e. The van der Waals surface area contributed by atoms with Crippen LogP contribution in [0.1, 0.15) is 0 Å². The summed E-state index contributed by atoms with van der Waals surface area (Å²) < 4.78 is 44.4. The first-order valence-electron chi connectivity index (χ1n) is 14.8. The van der Waals surface area contributed by atoms with Crippen LogP contribution in [-0.2, 0) is 32.6 Å². The normalized spacial score (nSPS) is 54.0. The van der Waals surface area contributed by atoms with Crippen molar-refractivity contribution in [3.05, 3.63) is 0 Å². The Morgan fingerprint density at radius 1 is 0.408 bits per heavy atom. The summed E-state index contributed by atoms with van der Waals surface area (Å²) >= 11 is 0. The van der Waals surface area contributed by atoms with E-state index < -0.39 is 156 Å². The highest BCUT2D eigenvalue weighted by molar-refractivity contribution is 7.47. The zero-order valence-corrected chi connectivity index (χ0v) is 25.9. The fraction of sp³-hybridized carbons (Fsp3) is 1.00. The molecule has 24 nitrogen and oxygen atoms in total. The van der Waals surface area contributed by atoms with Crippen molar-refractivity contribution in [2.75, 3.05) is 13.2 Å². The van der Waals surface area contributed by atoms with Gasteiger partial charge in [0.25, 0.3) is 0 Å². The second kappa shape index (κ2) is 16.1. The van der Waals surface area contributed by atoms with Crippen LogP contribution < -0.4 is 0 Å². The minimum Gasteiger partial charge on any atom is -0.394 e. The summed E-state index contributed by atoms with van der Waals surface area (Å²) in [6, 6.07) is 0. The molecule has 4 aliphatic rings. The average Bonchev–Trinajstić information content (AvgIpc) is 3.07. The van der Waals surface area contributed by atoms with E-state index in [0.29, 0.717) is 0 Å². The molecule has 0 radical (unpaired) electrons. The molecule has 0 spiro atoms. The first-order chi connectivity index (χ1) is 22.8. The van der Waals surface area contributed by atoms with Crippen molar-refractivity contribution in [1.82, 2.24) is 0 Å². The Hall–Kier alpha value is -0.690. The highest BCUT2D eigenvalue weighted by atomic mass is 31.2. The lowest BCUT2D eigenvalue weighted by molar-refractivity contribution is -0.381. The Morgan fingerprint density at radius 2 is 0.735 bits per heavy atom. The SMILES string of the molecule is O=P(O)(OC1[C@H](O)[C@H](O)C(O)[C@H](O)[C@H]1O)O[C@@H]1[C@@H](O)[C@H](O)[C@@H](O)[C@H](O)[C@@H]1O[C@H]1O[C@H](CO)[C@@H](O)[C@H](O)[C@@H]1O[C@H]1O[C@H](CO)[C@@H](O)[C@H](O)[C@@H]1O. The third-order valence-electron chi connectivity index (χ3n) is 8.88. The molecular weight excluding hydrogens is 703 g/mol. The molecule has 4 rings (SSSR count). The van der Waals surface area contributed by atoms with Gasteiger partial charge in [0, 0.05) is 0 Å². The summed E-state index contributed by atoms with van der Waals surface area (Å²) in [4.78, 5) is 10.5. The number of rotatable bonds is 10. The van der Waals surface area contributed by atoms with E-state index in [-0.39, 0.29) is 0 Å². The van der Waals surface area contributed by atoms with Crippen LogP contribution in [0.4, 0.5) is 0 Å². The molecule has 49 heavy (non-hydrogen) atoms. The lowest BCUT2D eigenvalue weighted by Gasteiger charge is -2.49. The molecule has 2 aliphatic carbocycles. The maximum Gasteiger partial charge on any atom is 0.473 e. The fourth-order valence-corrected chi connectivity index (χ4v) is 7.07. The number of aliphatic hydroxyl groups is 16. The molecule has 23 atom stereocenters. The van der Waals surface area contributed by atoms with Crippen molar-refractivity contribution >= 4 is 7.82 Å². The lowest BCUT2D eigenvalue weighted by Crippen LogP contribution is -2.68. The molecule has 25 heteroatoms. The smallest absolute Gasteiger partial charge is 0.394 e. The zero-order chi connectivity index (χ0) is 36.9. The number of aliphatic hydroxyl groups excluding tert-OH is 16. The number of phosphoric acid groups is 1. The van der Waals surface area contributed by atoms with Crippen LogP contribution in [0.15, 0.2) is 0 Å². The van der Waals surface area contributed by atoms with Crippen molar-refractivity contribution in [1.29, 1.82) is 0 Å². The van der Waals surface area contributed by atoms with E-state index in [4.69, 9.17) is 28.0 Å². The van der Waals surface area contributed by atoms with Gasteiger partial charge in [0.15, 0.2) is 12.6 Å². The summed E-state index contributed by atoms with van der Waals surface area (Å²) in [5, 5.41) is 163. The van der Waals surface area contributed by atoms with Gasteiger partial charge < -0.3 is 106 Å². The Labute approximate surface area is 275 Å². The van der Waals surface area contributed by atoms with Gasteiger partial charge in [0.1, 0.15) is 122 Å². The lowest BCUT2D eigenvalue weighted by atomic mass is 9.84. The number of ether oxygens (including phenoxy) is 4. The fourth-order valence-electron chi connectivity index (χ4n) is 5.92. The van der Waals surface area contributed by atoms with Crippen LogP contribution in [0.2, 0.25) is 0 Å². The van der Waals surface area contributed by atoms with Gasteiger partial charge in [-0.1, -0.05) is 0 Å². The Kier molecular flexibility index (Phi) is 13.5. The Bertz CT molecular complexity index is 1100. The third-order valence-corrected chi connectivity index (χ3v) is 9.90. The topological polar surface area (TPSA) is 416 Å². The molecule has 2 heterocycles. The first kappa shape index (κ1) is 41.1. The van der Waals surface area contributed by atoms with Gasteiger partial charge in [0.05, 0.1) is 13.2 Å². The molecule has 0 amide bonds. The van der Waals surface area contributed by atoms with Crippen molar-refractivity contribution in [3.8, 4) is 0 Å². The molecule has 2 saturated carbocycles. The van der Waals surface area contributed by atoms with Crippen LogP contribution in [0.3, 0.4) is 0 Å². The van der Waals surface area contributed by atoms with E-state index in [1.54, 1.807) is 0 Å². The van der Waals surface area contributed by atoms with Gasteiger partial charge in [-0.05, 0) is 0 Å². The van der Waals surface area contributed by atoms with Crippen LogP contribution in [0.5, 0.6) is 0 Å². The van der Waals surface area contributed by atoms with Gasteiger partial charge in [-0.25, -0.2) is 4.57 Å². The maximum absolute atomic E-state index is 13.1. The standard InChI is InChI=1S/C24H43O24P/c25-1-3-5(27)7(29)18(40)23(43-3)46-22-13(35)6(28)4(2-26)44-24(22)45-20-16(38)11(33)12(34)17(39)21(20)48-49(41,42)47-19-14(36)9(31)8(30)10(32)15(19)37/h3-40H,1-2H2,(H,41,42)/t3-,4-,5-,6-,7+,8?,9-,10+,11-,12-,13+,14-,15-,16+,17+,18+,19?,20+,21-,22+,23-,24-/m1/s1. The predicted molar refractivity (Wildman–Crippen MR) is 145 cm³/mol. The van der Waals surface area contributed by atoms with Crippen LogP contribution in [0.25, 0.3) is 0 Å². The van der Waals surface area contributed by atoms with Crippen LogP contribution in [0, 0.1) is 0 Å². The number of phosphoric ester groups is 1. The van der Waals surface area contributed by atoms with E-state index in [2.05, 4.69) is 0 Å². The molecule has 288 valence electrons. The molecule has 2 aliphatic heterocycles. The van der Waals surface area contributed by atoms with E-state index in [1.807, 2.05) is 0 Å². The van der Waals surface area contributed by atoms with Gasteiger partial charge in [-0.2, -0.15) is 0 Å². The van der Waals surface area contributed by atoms with Crippen molar-refractivity contribution < 1.29 is 119 Å². The molecule has 0 aromatic heterocycles. The minimum absolute atomic E-state index is 0.911. The highest BCUT2D eigenvalue weighted by Gasteiger charge is 2.58. The molecule has 17 N–H and O–H groups in total. The Morgan fingerprint density at radius 3 is 1.22 bits per heavy atom. The summed E-state index contributed by atoms with van der Waals surface area (Å²) in [5.74, 6) is 0. The van der Waals surface area contributed by atoms with E-state index >= 15 is 0 Å². The molecule has 3 unspecified atom stereocenters. The van der Waals surface area contributed by atoms with Gasteiger partial charge in [0.2, 0.25) is 0 Å². The van der Waals surface area contributed by atoms with Crippen molar-refractivity contribution in [2.45, 2.75) is 135 Å². The molecule has 4 fully saturated rings. The average molecular weight is 747 g/mol. The molecular formula is C24H43O24P. The highest BCUT2D eigenvalue weighted by Crippen LogP contribution is 2.50. The molecule has 0 bridgehead atoms. The number of hydrogen-bond acceptors (Lipinski definition) is 23. The molecule has 0 aromatic carbocycles. The predicted octanol–water partition coefficient (Wildman–Crippen LogP) is -10.9. The quantitative estimate of drug-likeness (QED) is 0.0923. The molecule has 0 aromatic rings. The zero-order valence-electron chi connectivity index (χ0n) is 25.0. The van der Waals surface area contributed by atoms with Crippen molar-refractivity contribution in [2.24, 2.45) is 0 Å². The summed E-state index contributed by atoms with van der Waals surface area (Å²) in [6.07, 6.45) is -47.4. The third kappa shape index (κ3) is 8.13. The van der Waals surface area contributed by atoms with E-state index in [9.17, 15) is 91.2 Å². The minimum atomic E-state index is -5.79. The van der Waals surface area contributed by atoms with Gasteiger partial charge >= 0.3 is 7.82 Å². The van der Waals surface area contributed by atoms with E-state index in [1.165, 1.54) is 0 Å². The number of hydrogen-bond donors (Lipinski definition) is 17. The monoisotopic (exact) mass is 746 g/mol. The van der Waals surface area contributed by atoms with Gasteiger partial charge in [-0.15, -0.1) is 0 Å². The van der Waals surface area contributed by atoms with Gasteiger partial charge in [-0.3, -0.25) is 9.05 Å². The van der Waals surface area contributed by atoms with Crippen LogP contribution >= 0.6 is 7.82 Å². The summed E-state index contributed by atoms with van der Waals surface area (Å²) in [7, 11) is -5.79.